The minimum absolute atomic E-state index is 0.0364. The van der Waals surface area contributed by atoms with E-state index in [0.29, 0.717) is 12.8 Å². The van der Waals surface area contributed by atoms with Crippen LogP contribution in [-0.2, 0) is 0 Å². The molecule has 0 saturated heterocycles. The topological polar surface area (TPSA) is 95.1 Å². The normalized spacial score (nSPS) is 20.1. The SMILES string of the molecule is O=C(N[C@@H](c1cnc2ccccc2c1)C1CC(O)C1)c1c[nH]c(=O)c(Cl)c1. The Morgan fingerprint density at radius 3 is 2.81 bits per heavy atom. The monoisotopic (exact) mass is 383 g/mol. The molecule has 1 amide bonds. The summed E-state index contributed by atoms with van der Waals surface area (Å²) >= 11 is 5.83. The third-order valence-electron chi connectivity index (χ3n) is 5.00. The average Bonchev–Trinajstić information content (AvgIpc) is 2.65. The highest BCUT2D eigenvalue weighted by molar-refractivity contribution is 6.30. The number of aliphatic hydroxyl groups excluding tert-OH is 1. The van der Waals surface area contributed by atoms with Gasteiger partial charge in [-0.1, -0.05) is 29.8 Å². The van der Waals surface area contributed by atoms with E-state index in [1.165, 1.54) is 12.3 Å². The lowest BCUT2D eigenvalue weighted by atomic mass is 9.75. The van der Waals surface area contributed by atoms with Crippen molar-refractivity contribution < 1.29 is 9.90 Å². The fourth-order valence-corrected chi connectivity index (χ4v) is 3.62. The van der Waals surface area contributed by atoms with E-state index in [2.05, 4.69) is 15.3 Å². The van der Waals surface area contributed by atoms with Crippen LogP contribution in [0.4, 0.5) is 0 Å². The lowest BCUT2D eigenvalue weighted by Crippen LogP contribution is -2.41. The smallest absolute Gasteiger partial charge is 0.266 e. The number of carbonyl (C=O) groups excluding carboxylic acids is 1. The molecule has 4 rings (SSSR count). The van der Waals surface area contributed by atoms with E-state index in [-0.39, 0.29) is 34.6 Å². The molecule has 2 aromatic heterocycles. The molecule has 138 valence electrons. The summed E-state index contributed by atoms with van der Waals surface area (Å²) in [6.45, 7) is 0. The molecule has 1 aromatic carbocycles. The lowest BCUT2D eigenvalue weighted by Gasteiger charge is -2.38. The molecule has 1 aliphatic rings. The number of halogens is 1. The molecular weight excluding hydrogens is 366 g/mol. The van der Waals surface area contributed by atoms with Gasteiger partial charge in [-0.2, -0.15) is 0 Å². The van der Waals surface area contributed by atoms with Crippen molar-refractivity contribution in [3.63, 3.8) is 0 Å². The minimum Gasteiger partial charge on any atom is -0.393 e. The second kappa shape index (κ2) is 7.13. The van der Waals surface area contributed by atoms with Crippen molar-refractivity contribution in [1.82, 2.24) is 15.3 Å². The molecule has 0 radical (unpaired) electrons. The molecule has 1 aliphatic carbocycles. The second-order valence-electron chi connectivity index (χ2n) is 6.86. The van der Waals surface area contributed by atoms with E-state index in [4.69, 9.17) is 11.6 Å². The van der Waals surface area contributed by atoms with E-state index in [1.54, 1.807) is 6.20 Å². The predicted molar refractivity (Wildman–Crippen MR) is 103 cm³/mol. The molecule has 0 spiro atoms. The Kier molecular flexibility index (Phi) is 4.68. The Hall–Kier alpha value is -2.70. The molecule has 7 heteroatoms. The Labute approximate surface area is 160 Å². The molecule has 1 saturated carbocycles. The number of aromatic amines is 1. The van der Waals surface area contributed by atoms with Crippen LogP contribution in [0.1, 0.15) is 34.8 Å². The summed E-state index contributed by atoms with van der Waals surface area (Å²) in [4.78, 5) is 31.0. The Morgan fingerprint density at radius 1 is 1.30 bits per heavy atom. The van der Waals surface area contributed by atoms with Crippen LogP contribution in [-0.4, -0.2) is 27.1 Å². The number of pyridine rings is 2. The van der Waals surface area contributed by atoms with Gasteiger partial charge in [0.15, 0.2) is 0 Å². The van der Waals surface area contributed by atoms with E-state index >= 15 is 0 Å². The maximum absolute atomic E-state index is 12.7. The molecule has 6 nitrogen and oxygen atoms in total. The summed E-state index contributed by atoms with van der Waals surface area (Å²) in [7, 11) is 0. The largest absolute Gasteiger partial charge is 0.393 e. The van der Waals surface area contributed by atoms with Crippen molar-refractivity contribution >= 4 is 28.4 Å². The van der Waals surface area contributed by atoms with Crippen molar-refractivity contribution in [3.8, 4) is 0 Å². The summed E-state index contributed by atoms with van der Waals surface area (Å²) in [5.74, 6) is -0.224. The zero-order valence-electron chi connectivity index (χ0n) is 14.4. The third-order valence-corrected chi connectivity index (χ3v) is 5.28. The van der Waals surface area contributed by atoms with Crippen LogP contribution in [0.25, 0.3) is 10.9 Å². The van der Waals surface area contributed by atoms with Gasteiger partial charge in [-0.15, -0.1) is 0 Å². The number of hydrogen-bond donors (Lipinski definition) is 3. The standard InChI is InChI=1S/C20H18ClN3O3/c21-16-8-14(10-23-20(16)27)19(26)24-18(12-6-15(25)7-12)13-5-11-3-1-2-4-17(11)22-9-13/h1-5,8-10,12,15,18,25H,6-7H2,(H,23,27)(H,24,26)/t12?,15?,18-/m1/s1. The molecule has 3 N–H and O–H groups in total. The average molecular weight is 384 g/mol. The number of nitrogens with one attached hydrogen (secondary N) is 2. The first-order chi connectivity index (χ1) is 13.0. The molecule has 0 unspecified atom stereocenters. The van der Waals surface area contributed by atoms with Gasteiger partial charge in [0.25, 0.3) is 11.5 Å². The number of rotatable bonds is 4. The zero-order chi connectivity index (χ0) is 19.0. The highest BCUT2D eigenvalue weighted by Gasteiger charge is 2.36. The van der Waals surface area contributed by atoms with E-state index in [0.717, 1.165) is 16.5 Å². The number of hydrogen-bond acceptors (Lipinski definition) is 4. The number of benzene rings is 1. The zero-order valence-corrected chi connectivity index (χ0v) is 15.1. The van der Waals surface area contributed by atoms with Crippen LogP contribution in [0.2, 0.25) is 5.02 Å². The van der Waals surface area contributed by atoms with Gasteiger partial charge in [0.2, 0.25) is 0 Å². The van der Waals surface area contributed by atoms with Crippen LogP contribution >= 0.6 is 11.6 Å². The van der Waals surface area contributed by atoms with Gasteiger partial charge in [-0.05, 0) is 42.5 Å². The second-order valence-corrected chi connectivity index (χ2v) is 7.27. The van der Waals surface area contributed by atoms with Crippen LogP contribution < -0.4 is 10.9 Å². The van der Waals surface area contributed by atoms with Crippen molar-refractivity contribution in [1.29, 1.82) is 0 Å². The number of aromatic nitrogens is 2. The summed E-state index contributed by atoms with van der Waals surface area (Å²) in [6.07, 6.45) is 3.99. The van der Waals surface area contributed by atoms with Gasteiger partial charge in [0.1, 0.15) is 5.02 Å². The van der Waals surface area contributed by atoms with Gasteiger partial charge in [0, 0.05) is 17.8 Å². The third kappa shape index (κ3) is 3.59. The summed E-state index contributed by atoms with van der Waals surface area (Å²) in [5, 5.41) is 13.7. The first-order valence-electron chi connectivity index (χ1n) is 8.73. The van der Waals surface area contributed by atoms with Crippen LogP contribution in [0, 0.1) is 5.92 Å². The van der Waals surface area contributed by atoms with Crippen molar-refractivity contribution in [2.45, 2.75) is 25.0 Å². The van der Waals surface area contributed by atoms with Crippen LogP contribution in [0.3, 0.4) is 0 Å². The summed E-state index contributed by atoms with van der Waals surface area (Å²) in [5.41, 5.74) is 1.60. The first kappa shape index (κ1) is 17.7. The van der Waals surface area contributed by atoms with E-state index < -0.39 is 5.56 Å². The van der Waals surface area contributed by atoms with Crippen LogP contribution in [0.15, 0.2) is 53.6 Å². The molecule has 27 heavy (non-hydrogen) atoms. The van der Waals surface area contributed by atoms with Gasteiger partial charge < -0.3 is 15.4 Å². The fraction of sp³-hybridized carbons (Fsp3) is 0.250. The number of fused-ring (bicyclic) bond motifs is 1. The molecule has 2 heterocycles. The quantitative estimate of drug-likeness (QED) is 0.645. The lowest BCUT2D eigenvalue weighted by molar-refractivity contribution is 0.0235. The van der Waals surface area contributed by atoms with Gasteiger partial charge in [0.05, 0.1) is 23.2 Å². The Morgan fingerprint density at radius 2 is 2.07 bits per heavy atom. The fourth-order valence-electron chi connectivity index (χ4n) is 3.45. The molecule has 0 bridgehead atoms. The highest BCUT2D eigenvalue weighted by atomic mass is 35.5. The number of aliphatic hydroxyl groups is 1. The number of carbonyl (C=O) groups is 1. The highest BCUT2D eigenvalue weighted by Crippen LogP contribution is 2.38. The number of nitrogens with zero attached hydrogens (tertiary/aromatic N) is 1. The van der Waals surface area contributed by atoms with Gasteiger partial charge in [-0.3, -0.25) is 14.6 Å². The molecule has 1 fully saturated rings. The van der Waals surface area contributed by atoms with Crippen molar-refractivity contribution in [2.24, 2.45) is 5.92 Å². The van der Waals surface area contributed by atoms with E-state index in [9.17, 15) is 14.7 Å². The Bertz CT molecular complexity index is 1060. The predicted octanol–water partition coefficient (Wildman–Crippen LogP) is 2.82. The number of H-pyrrole nitrogens is 1. The van der Waals surface area contributed by atoms with Crippen molar-refractivity contribution in [2.75, 3.05) is 0 Å². The molecule has 1 atom stereocenters. The summed E-state index contributed by atoms with van der Waals surface area (Å²) in [6, 6.07) is 10.8. The number of amides is 1. The maximum Gasteiger partial charge on any atom is 0.266 e. The Balaban J connectivity index is 1.65. The van der Waals surface area contributed by atoms with Crippen molar-refractivity contribution in [3.05, 3.63) is 75.3 Å². The minimum atomic E-state index is -0.439. The first-order valence-corrected chi connectivity index (χ1v) is 9.11. The van der Waals surface area contributed by atoms with E-state index in [1.807, 2.05) is 30.3 Å². The number of para-hydroxylation sites is 1. The van der Waals surface area contributed by atoms with Gasteiger partial charge >= 0.3 is 0 Å². The molecule has 0 aliphatic heterocycles. The maximum atomic E-state index is 12.7. The molecular formula is C20H18ClN3O3. The van der Waals surface area contributed by atoms with Gasteiger partial charge in [-0.25, -0.2) is 0 Å². The van der Waals surface area contributed by atoms with Crippen LogP contribution in [0.5, 0.6) is 0 Å². The summed E-state index contributed by atoms with van der Waals surface area (Å²) < 4.78 is 0. The molecule has 3 aromatic rings.